The fourth-order valence-corrected chi connectivity index (χ4v) is 4.47. The normalized spacial score (nSPS) is 13.1. The zero-order valence-corrected chi connectivity index (χ0v) is 13.9. The molecule has 0 radical (unpaired) electrons. The molecule has 19 heavy (non-hydrogen) atoms. The van der Waals surface area contributed by atoms with Crippen LogP contribution in [0.25, 0.3) is 0 Å². The number of hydrogen-bond acceptors (Lipinski definition) is 0. The smallest absolute Gasteiger partial charge is 1.00 e. The van der Waals surface area contributed by atoms with Gasteiger partial charge in [-0.15, -0.1) is 0 Å². The van der Waals surface area contributed by atoms with Gasteiger partial charge in [0.15, 0.2) is 0 Å². The topological polar surface area (TPSA) is 0 Å². The Balaban J connectivity index is 0.00000324. The largest absolute Gasteiger partial charge is 1.00 e. The number of benzene rings is 1. The SMILES string of the molecule is C[Si](C)(C)C(F)=[C-][Se]c1ccc(C(F)(F)F)cc1.[Li+]. The van der Waals surface area contributed by atoms with E-state index in [-0.39, 0.29) is 39.3 Å². The van der Waals surface area contributed by atoms with Gasteiger partial charge in [0.25, 0.3) is 0 Å². The summed E-state index contributed by atoms with van der Waals surface area (Å²) in [5.74, 6) is 0. The van der Waals surface area contributed by atoms with E-state index in [0.717, 1.165) is 12.1 Å². The van der Waals surface area contributed by atoms with Gasteiger partial charge in [0, 0.05) is 0 Å². The van der Waals surface area contributed by atoms with E-state index in [2.05, 4.69) is 4.97 Å². The summed E-state index contributed by atoms with van der Waals surface area (Å²) in [4.78, 5) is 2.69. The Morgan fingerprint density at radius 2 is 1.58 bits per heavy atom. The first-order valence-electron chi connectivity index (χ1n) is 5.24. The van der Waals surface area contributed by atoms with Gasteiger partial charge in [-0.05, 0) is 0 Å². The van der Waals surface area contributed by atoms with E-state index in [1.54, 1.807) is 0 Å². The first-order valence-corrected chi connectivity index (χ1v) is 10.4. The summed E-state index contributed by atoms with van der Waals surface area (Å²) in [7, 11) is -1.98. The van der Waals surface area contributed by atoms with Crippen LogP contribution in [0.15, 0.2) is 29.7 Å². The fourth-order valence-electron chi connectivity index (χ4n) is 0.969. The summed E-state index contributed by atoms with van der Waals surface area (Å²) in [5.41, 5.74) is -0.904. The number of rotatable bonds is 3. The third-order valence-electron chi connectivity index (χ3n) is 2.10. The monoisotopic (exact) mass is 348 g/mol. The minimum atomic E-state index is -4.32. The molecule has 0 saturated carbocycles. The minimum absolute atomic E-state index is 0. The Bertz CT molecular complexity index is 435. The van der Waals surface area contributed by atoms with Gasteiger partial charge < -0.3 is 0 Å². The maximum atomic E-state index is 13.6. The van der Waals surface area contributed by atoms with Gasteiger partial charge in [0.2, 0.25) is 0 Å². The van der Waals surface area contributed by atoms with Crippen LogP contribution in [0.5, 0.6) is 0 Å². The molecule has 1 aromatic carbocycles. The van der Waals surface area contributed by atoms with E-state index in [1.807, 2.05) is 19.6 Å². The van der Waals surface area contributed by atoms with Crippen molar-refractivity contribution in [1.29, 1.82) is 0 Å². The molecule has 0 saturated heterocycles. The van der Waals surface area contributed by atoms with Crippen LogP contribution in [0.4, 0.5) is 17.6 Å². The third-order valence-corrected chi connectivity index (χ3v) is 5.60. The Morgan fingerprint density at radius 3 is 1.95 bits per heavy atom. The summed E-state index contributed by atoms with van der Waals surface area (Å²) in [5, 5.41) is 0. The Labute approximate surface area is 130 Å². The average Bonchev–Trinajstić information content (AvgIpc) is 2.24. The fraction of sp³-hybridized carbons (Fsp3) is 0.333. The van der Waals surface area contributed by atoms with Crippen LogP contribution in [0.1, 0.15) is 5.56 Å². The molecule has 0 spiro atoms. The molecule has 0 aromatic heterocycles. The van der Waals surface area contributed by atoms with Crippen LogP contribution in [-0.4, -0.2) is 23.0 Å². The Morgan fingerprint density at radius 1 is 1.11 bits per heavy atom. The predicted molar refractivity (Wildman–Crippen MR) is 68.0 cm³/mol. The molecular formula is C12H13F4LiSeSi. The van der Waals surface area contributed by atoms with Crippen LogP contribution in [-0.2, 0) is 6.18 Å². The Hall–Kier alpha value is 0.0138. The average molecular weight is 347 g/mol. The van der Waals surface area contributed by atoms with Crippen LogP contribution < -0.4 is 23.3 Å². The van der Waals surface area contributed by atoms with Crippen molar-refractivity contribution in [2.45, 2.75) is 25.8 Å². The second-order valence-electron chi connectivity index (χ2n) is 4.79. The minimum Gasteiger partial charge on any atom is 1.00 e. The van der Waals surface area contributed by atoms with Gasteiger partial charge in [0.1, 0.15) is 0 Å². The Kier molecular flexibility index (Phi) is 7.15. The van der Waals surface area contributed by atoms with Crippen molar-refractivity contribution in [2.75, 3.05) is 0 Å². The molecule has 0 nitrogen and oxygen atoms in total. The zero-order chi connectivity index (χ0) is 14.0. The van der Waals surface area contributed by atoms with Crippen molar-refractivity contribution in [1.82, 2.24) is 0 Å². The van der Waals surface area contributed by atoms with Crippen LogP contribution in [0.3, 0.4) is 0 Å². The molecule has 0 aliphatic carbocycles. The first kappa shape index (κ1) is 19.0. The first-order chi connectivity index (χ1) is 8.10. The van der Waals surface area contributed by atoms with E-state index in [9.17, 15) is 17.6 Å². The summed E-state index contributed by atoms with van der Waals surface area (Å²) in [6.45, 7) is 5.58. The van der Waals surface area contributed by atoms with E-state index in [1.165, 1.54) is 12.1 Å². The zero-order valence-electron chi connectivity index (χ0n) is 11.2. The molecule has 1 aromatic rings. The summed E-state index contributed by atoms with van der Waals surface area (Å²) in [6, 6.07) is 4.80. The van der Waals surface area contributed by atoms with Crippen molar-refractivity contribution < 1.29 is 36.4 Å². The van der Waals surface area contributed by atoms with Gasteiger partial charge in [-0.1, -0.05) is 0 Å². The van der Waals surface area contributed by atoms with Gasteiger partial charge in [-0.2, -0.15) is 0 Å². The molecule has 0 heterocycles. The molecule has 0 bridgehead atoms. The van der Waals surface area contributed by atoms with Crippen molar-refractivity contribution in [3.8, 4) is 0 Å². The third kappa shape index (κ3) is 6.33. The maximum absolute atomic E-state index is 13.6. The molecule has 0 fully saturated rings. The molecule has 0 aliphatic rings. The van der Waals surface area contributed by atoms with E-state index < -0.39 is 19.8 Å². The second kappa shape index (κ2) is 7.15. The molecule has 0 amide bonds. The quantitative estimate of drug-likeness (QED) is 0.425. The van der Waals surface area contributed by atoms with Crippen molar-refractivity contribution >= 4 is 27.5 Å². The van der Waals surface area contributed by atoms with Crippen molar-refractivity contribution in [2.24, 2.45) is 0 Å². The van der Waals surface area contributed by atoms with Crippen molar-refractivity contribution in [3.05, 3.63) is 40.3 Å². The van der Waals surface area contributed by atoms with Crippen LogP contribution in [0, 0.1) is 4.97 Å². The molecule has 0 unspecified atom stereocenters. The standard InChI is InChI=1S/C12H13F4SeSi.Li/c1-18(2,3)11(13)8-17-10-6-4-9(5-7-10)12(14,15)16;/h4-7H,1-3H3;/q-1;+1. The molecule has 1 rings (SSSR count). The van der Waals surface area contributed by atoms with E-state index in [0.29, 0.717) is 4.46 Å². The number of hydrogen-bond donors (Lipinski definition) is 0. The summed E-state index contributed by atoms with van der Waals surface area (Å²) >= 11 is -0.380. The maximum Gasteiger partial charge on any atom is 1.00 e. The summed E-state index contributed by atoms with van der Waals surface area (Å²) in [6.07, 6.45) is -4.32. The molecule has 0 N–H and O–H groups in total. The van der Waals surface area contributed by atoms with Crippen molar-refractivity contribution in [3.63, 3.8) is 0 Å². The molecular weight excluding hydrogens is 334 g/mol. The summed E-state index contributed by atoms with van der Waals surface area (Å²) < 4.78 is 51.2. The number of alkyl halides is 3. The van der Waals surface area contributed by atoms with Gasteiger partial charge in [0.05, 0.1) is 0 Å². The predicted octanol–water partition coefficient (Wildman–Crippen LogP) is 0.530. The van der Waals surface area contributed by atoms with Crippen LogP contribution in [0.2, 0.25) is 19.6 Å². The molecule has 100 valence electrons. The number of halogens is 4. The van der Waals surface area contributed by atoms with E-state index in [4.69, 9.17) is 0 Å². The van der Waals surface area contributed by atoms with Gasteiger partial charge >= 0.3 is 130 Å². The molecule has 7 heteroatoms. The molecule has 0 atom stereocenters. The van der Waals surface area contributed by atoms with Crippen LogP contribution >= 0.6 is 0 Å². The van der Waals surface area contributed by atoms with Gasteiger partial charge in [-0.3, -0.25) is 0 Å². The van der Waals surface area contributed by atoms with Gasteiger partial charge in [-0.25, -0.2) is 0 Å². The van der Waals surface area contributed by atoms with E-state index >= 15 is 0 Å². The molecule has 0 aliphatic heterocycles. The second-order valence-corrected chi connectivity index (χ2v) is 11.6.